The highest BCUT2D eigenvalue weighted by Crippen LogP contribution is 2.20. The Morgan fingerprint density at radius 2 is 2.26 bits per heavy atom. The minimum absolute atomic E-state index is 0. The molecule has 3 aromatic rings. The van der Waals surface area contributed by atoms with Crippen molar-refractivity contribution in [2.75, 3.05) is 18.4 Å². The van der Waals surface area contributed by atoms with E-state index >= 15 is 0 Å². The first kappa shape index (κ1) is 18.3. The fourth-order valence-corrected chi connectivity index (χ4v) is 3.21. The van der Waals surface area contributed by atoms with Crippen LogP contribution < -0.4 is 10.6 Å². The smallest absolute Gasteiger partial charge is 0.205 e. The molecular weight excluding hydrogens is 444 g/mol. The van der Waals surface area contributed by atoms with Gasteiger partial charge in [-0.25, -0.2) is 15.0 Å². The van der Waals surface area contributed by atoms with E-state index in [9.17, 15) is 0 Å². The van der Waals surface area contributed by atoms with Crippen LogP contribution >= 0.6 is 45.3 Å². The van der Waals surface area contributed by atoms with Crippen LogP contribution in [0, 0.1) is 0 Å². The summed E-state index contributed by atoms with van der Waals surface area (Å²) in [6, 6.07) is 4.34. The van der Waals surface area contributed by atoms with E-state index in [1.54, 1.807) is 11.3 Å². The molecule has 0 aromatic carbocycles. The average Bonchev–Trinajstić information content (AvgIpc) is 3.23. The first-order valence-corrected chi connectivity index (χ1v) is 8.00. The van der Waals surface area contributed by atoms with E-state index in [0.29, 0.717) is 12.6 Å². The Morgan fingerprint density at radius 1 is 1.35 bits per heavy atom. The van der Waals surface area contributed by atoms with Gasteiger partial charge in [-0.15, -0.1) is 45.3 Å². The van der Waals surface area contributed by atoms with Crippen LogP contribution in [0.25, 0.3) is 11.2 Å². The van der Waals surface area contributed by atoms with Gasteiger partial charge >= 0.3 is 0 Å². The van der Waals surface area contributed by atoms with Crippen molar-refractivity contribution in [1.82, 2.24) is 24.8 Å². The lowest BCUT2D eigenvalue weighted by molar-refractivity contribution is 0.741. The monoisotopic (exact) mass is 460 g/mol. The highest BCUT2D eigenvalue weighted by Gasteiger charge is 2.19. The predicted molar refractivity (Wildman–Crippen MR) is 104 cm³/mol. The molecule has 1 unspecified atom stereocenters. The van der Waals surface area contributed by atoms with E-state index < -0.39 is 0 Å². The second-order valence-electron chi connectivity index (χ2n) is 5.18. The molecule has 9 heteroatoms. The van der Waals surface area contributed by atoms with Crippen molar-refractivity contribution in [1.29, 1.82) is 0 Å². The van der Waals surface area contributed by atoms with Crippen LogP contribution in [0.5, 0.6) is 0 Å². The maximum Gasteiger partial charge on any atom is 0.205 e. The first-order valence-electron chi connectivity index (χ1n) is 7.06. The minimum atomic E-state index is 0. The maximum absolute atomic E-state index is 4.69. The third kappa shape index (κ3) is 3.90. The van der Waals surface area contributed by atoms with E-state index in [1.807, 2.05) is 23.8 Å². The molecule has 6 nitrogen and oxygen atoms in total. The Bertz CT molecular complexity index is 739. The van der Waals surface area contributed by atoms with Gasteiger partial charge in [0.05, 0.1) is 17.7 Å². The van der Waals surface area contributed by atoms with Gasteiger partial charge in [-0.3, -0.25) is 4.57 Å². The Kier molecular flexibility index (Phi) is 6.51. The number of hydrogen-bond acceptors (Lipinski definition) is 6. The quantitative estimate of drug-likeness (QED) is 0.625. The van der Waals surface area contributed by atoms with E-state index in [-0.39, 0.29) is 34.0 Å². The van der Waals surface area contributed by atoms with Crippen LogP contribution in [-0.2, 0) is 6.54 Å². The predicted octanol–water partition coefficient (Wildman–Crippen LogP) is 2.87. The molecule has 0 saturated carbocycles. The topological polar surface area (TPSA) is 67.7 Å². The van der Waals surface area contributed by atoms with Crippen LogP contribution in [0.2, 0.25) is 0 Å². The van der Waals surface area contributed by atoms with E-state index in [2.05, 4.69) is 30.5 Å². The summed E-state index contributed by atoms with van der Waals surface area (Å²) in [4.78, 5) is 13.5. The number of thiazole rings is 1. The van der Waals surface area contributed by atoms with Crippen molar-refractivity contribution in [3.05, 3.63) is 34.9 Å². The number of pyridine rings is 1. The van der Waals surface area contributed by atoms with E-state index in [4.69, 9.17) is 4.98 Å². The summed E-state index contributed by atoms with van der Waals surface area (Å²) in [6.07, 6.45) is 2.93. The molecule has 0 amide bonds. The lowest BCUT2D eigenvalue weighted by Gasteiger charge is -2.13. The molecule has 4 rings (SSSR count). The number of imidazole rings is 1. The molecule has 1 atom stereocenters. The van der Waals surface area contributed by atoms with Gasteiger partial charge in [-0.05, 0) is 25.1 Å². The molecule has 23 heavy (non-hydrogen) atoms. The molecule has 0 bridgehead atoms. The molecule has 1 saturated heterocycles. The summed E-state index contributed by atoms with van der Waals surface area (Å²) >= 11 is 1.61. The van der Waals surface area contributed by atoms with Crippen LogP contribution in [-0.4, -0.2) is 38.7 Å². The molecule has 1 aliphatic heterocycles. The van der Waals surface area contributed by atoms with Gasteiger partial charge in [0.1, 0.15) is 5.52 Å². The number of rotatable bonds is 4. The molecular formula is C14H18Br2N6S. The number of aromatic nitrogens is 4. The molecule has 0 radical (unpaired) electrons. The fraction of sp³-hybridized carbons (Fsp3) is 0.357. The SMILES string of the molecule is Br.Br.c1cnc2c(c1)nc(NC1CCNC1)n2Cc1cscn1. The fourth-order valence-electron chi connectivity index (χ4n) is 2.66. The van der Waals surface area contributed by atoms with Gasteiger partial charge in [-0.1, -0.05) is 0 Å². The third-order valence-corrected chi connectivity index (χ3v) is 4.34. The number of nitrogens with zero attached hydrogens (tertiary/aromatic N) is 4. The van der Waals surface area contributed by atoms with Crippen LogP contribution in [0.1, 0.15) is 12.1 Å². The molecule has 1 fully saturated rings. The van der Waals surface area contributed by atoms with Crippen molar-refractivity contribution in [3.8, 4) is 0 Å². The zero-order valence-corrected chi connectivity index (χ0v) is 16.5. The zero-order valence-electron chi connectivity index (χ0n) is 12.3. The summed E-state index contributed by atoms with van der Waals surface area (Å²) in [5.41, 5.74) is 4.72. The van der Waals surface area contributed by atoms with Gasteiger partial charge < -0.3 is 10.6 Å². The van der Waals surface area contributed by atoms with Gasteiger partial charge in [-0.2, -0.15) is 0 Å². The minimum Gasteiger partial charge on any atom is -0.352 e. The number of hydrogen-bond donors (Lipinski definition) is 2. The highest BCUT2D eigenvalue weighted by atomic mass is 79.9. The highest BCUT2D eigenvalue weighted by molar-refractivity contribution is 8.93. The molecule has 4 heterocycles. The Morgan fingerprint density at radius 3 is 3.00 bits per heavy atom. The average molecular weight is 462 g/mol. The Hall–Kier alpha value is -1.03. The normalized spacial score (nSPS) is 16.8. The lowest BCUT2D eigenvalue weighted by Crippen LogP contribution is -2.24. The van der Waals surface area contributed by atoms with Gasteiger partial charge in [0.15, 0.2) is 5.65 Å². The Balaban J connectivity index is 0.000000960. The van der Waals surface area contributed by atoms with E-state index in [0.717, 1.165) is 42.3 Å². The number of halogens is 2. The van der Waals surface area contributed by atoms with Gasteiger partial charge in [0.2, 0.25) is 5.95 Å². The van der Waals surface area contributed by atoms with E-state index in [1.165, 1.54) is 0 Å². The summed E-state index contributed by atoms with van der Waals surface area (Å²) < 4.78 is 2.11. The summed E-state index contributed by atoms with van der Waals surface area (Å²) in [7, 11) is 0. The molecule has 124 valence electrons. The molecule has 3 aromatic heterocycles. The van der Waals surface area contributed by atoms with Crippen LogP contribution in [0.3, 0.4) is 0 Å². The maximum atomic E-state index is 4.69. The third-order valence-electron chi connectivity index (χ3n) is 3.70. The summed E-state index contributed by atoms with van der Waals surface area (Å²) in [5.74, 6) is 0.880. The second kappa shape index (κ2) is 8.18. The first-order chi connectivity index (χ1) is 10.4. The molecule has 1 aliphatic rings. The largest absolute Gasteiger partial charge is 0.352 e. The summed E-state index contributed by atoms with van der Waals surface area (Å²) in [5, 5.41) is 8.97. The van der Waals surface area contributed by atoms with Crippen molar-refractivity contribution >= 4 is 62.4 Å². The lowest BCUT2D eigenvalue weighted by atomic mass is 10.3. The van der Waals surface area contributed by atoms with Gasteiger partial charge in [0, 0.05) is 24.2 Å². The molecule has 0 spiro atoms. The number of anilines is 1. The van der Waals surface area contributed by atoms with Crippen molar-refractivity contribution in [2.24, 2.45) is 0 Å². The number of fused-ring (bicyclic) bond motifs is 1. The van der Waals surface area contributed by atoms with Crippen molar-refractivity contribution < 1.29 is 0 Å². The van der Waals surface area contributed by atoms with Crippen molar-refractivity contribution in [3.63, 3.8) is 0 Å². The van der Waals surface area contributed by atoms with Crippen LogP contribution in [0.15, 0.2) is 29.2 Å². The molecule has 2 N–H and O–H groups in total. The Labute approximate surface area is 159 Å². The van der Waals surface area contributed by atoms with Gasteiger partial charge in [0.25, 0.3) is 0 Å². The van der Waals surface area contributed by atoms with Crippen molar-refractivity contribution in [2.45, 2.75) is 19.0 Å². The second-order valence-corrected chi connectivity index (χ2v) is 5.90. The molecule has 0 aliphatic carbocycles. The number of nitrogens with one attached hydrogen (secondary N) is 2. The zero-order chi connectivity index (χ0) is 14.1. The standard InChI is InChI=1S/C14H16N6S.2BrH/c1-2-12-13(16-4-1)20(7-11-8-21-9-17-11)14(19-12)18-10-3-5-15-6-10;;/h1-2,4,8-10,15H,3,5-7H2,(H,18,19);2*1H. The summed E-state index contributed by atoms with van der Waals surface area (Å²) in [6.45, 7) is 2.73. The van der Waals surface area contributed by atoms with Crippen LogP contribution in [0.4, 0.5) is 5.95 Å².